The van der Waals surface area contributed by atoms with Crippen LogP contribution < -0.4 is 9.46 Å². The van der Waals surface area contributed by atoms with Gasteiger partial charge in [-0.15, -0.1) is 0 Å². The van der Waals surface area contributed by atoms with Crippen LogP contribution in [-0.4, -0.2) is 34.8 Å². The molecule has 0 spiro atoms. The number of nitrogens with one attached hydrogen (secondary N) is 1. The van der Waals surface area contributed by atoms with E-state index in [1.807, 2.05) is 0 Å². The molecule has 5 nitrogen and oxygen atoms in total. The van der Waals surface area contributed by atoms with Gasteiger partial charge in [0, 0.05) is 19.2 Å². The minimum Gasteiger partial charge on any atom is -0.497 e. The number of hydrogen-bond acceptors (Lipinski definition) is 4. The Morgan fingerprint density at radius 2 is 2.24 bits per heavy atom. The molecular formula is C15H23NO4S. The third-order valence-corrected chi connectivity index (χ3v) is 5.08. The largest absolute Gasteiger partial charge is 0.497 e. The highest BCUT2D eigenvalue weighted by atomic mass is 32.2. The van der Waals surface area contributed by atoms with Crippen LogP contribution in [0.5, 0.6) is 5.75 Å². The van der Waals surface area contributed by atoms with E-state index >= 15 is 0 Å². The lowest BCUT2D eigenvalue weighted by atomic mass is 10.1. The molecule has 1 saturated heterocycles. The Morgan fingerprint density at radius 1 is 1.38 bits per heavy atom. The number of hydrogen-bond donors (Lipinski definition) is 1. The summed E-state index contributed by atoms with van der Waals surface area (Å²) in [5, 5.41) is 0. The molecule has 0 radical (unpaired) electrons. The molecule has 0 aliphatic carbocycles. The Balaban J connectivity index is 1.75. The van der Waals surface area contributed by atoms with Crippen molar-refractivity contribution in [1.82, 2.24) is 4.72 Å². The number of ether oxygens (including phenoxy) is 2. The number of benzene rings is 1. The predicted octanol–water partition coefficient (Wildman–Crippen LogP) is 2.32. The summed E-state index contributed by atoms with van der Waals surface area (Å²) >= 11 is 0. The molecule has 1 unspecified atom stereocenters. The van der Waals surface area contributed by atoms with E-state index in [-0.39, 0.29) is 4.90 Å². The van der Waals surface area contributed by atoms with E-state index in [1.165, 1.54) is 13.2 Å². The first-order valence-electron chi connectivity index (χ1n) is 7.37. The summed E-state index contributed by atoms with van der Waals surface area (Å²) in [6.07, 6.45) is 5.47. The topological polar surface area (TPSA) is 64.6 Å². The molecule has 2 rings (SSSR count). The smallest absolute Gasteiger partial charge is 0.240 e. The van der Waals surface area contributed by atoms with Gasteiger partial charge in [0.15, 0.2) is 0 Å². The van der Waals surface area contributed by atoms with E-state index in [0.29, 0.717) is 18.4 Å². The van der Waals surface area contributed by atoms with Crippen molar-refractivity contribution < 1.29 is 17.9 Å². The molecule has 6 heteroatoms. The van der Waals surface area contributed by atoms with Crippen LogP contribution >= 0.6 is 0 Å². The van der Waals surface area contributed by atoms with Gasteiger partial charge < -0.3 is 9.47 Å². The molecule has 1 N–H and O–H groups in total. The van der Waals surface area contributed by atoms with Crippen molar-refractivity contribution in [3.63, 3.8) is 0 Å². The summed E-state index contributed by atoms with van der Waals surface area (Å²) in [4.78, 5) is 0.237. The summed E-state index contributed by atoms with van der Waals surface area (Å²) in [5.74, 6) is 0.538. The normalized spacial score (nSPS) is 18.8. The van der Waals surface area contributed by atoms with E-state index in [2.05, 4.69) is 4.72 Å². The van der Waals surface area contributed by atoms with Crippen LogP contribution in [0.3, 0.4) is 0 Å². The summed E-state index contributed by atoms with van der Waals surface area (Å²) in [5.41, 5.74) is 0. The molecule has 118 valence electrons. The Bertz CT molecular complexity index is 538. The number of rotatable bonds is 8. The van der Waals surface area contributed by atoms with Crippen LogP contribution in [0, 0.1) is 0 Å². The van der Waals surface area contributed by atoms with Gasteiger partial charge in [-0.3, -0.25) is 0 Å². The standard InChI is InChI=1S/C15H23NO4S/c1-19-14-7-4-9-15(12-14)21(17,18)16-10-3-2-6-13-8-5-11-20-13/h4,7,9,12-13,16H,2-3,5-6,8,10-11H2,1H3. The average Bonchev–Trinajstić information content (AvgIpc) is 3.00. The molecule has 1 aliphatic heterocycles. The van der Waals surface area contributed by atoms with Crippen LogP contribution in [0.25, 0.3) is 0 Å². The molecular weight excluding hydrogens is 290 g/mol. The minimum atomic E-state index is -3.45. The van der Waals surface area contributed by atoms with Crippen LogP contribution in [0.15, 0.2) is 29.2 Å². The van der Waals surface area contributed by atoms with Crippen molar-refractivity contribution >= 4 is 10.0 Å². The fraction of sp³-hybridized carbons (Fsp3) is 0.600. The van der Waals surface area contributed by atoms with Gasteiger partial charge >= 0.3 is 0 Å². The van der Waals surface area contributed by atoms with Gasteiger partial charge in [-0.05, 0) is 44.2 Å². The average molecular weight is 313 g/mol. The third kappa shape index (κ3) is 4.98. The highest BCUT2D eigenvalue weighted by Gasteiger charge is 2.16. The number of methoxy groups -OCH3 is 1. The lowest BCUT2D eigenvalue weighted by molar-refractivity contribution is 0.102. The monoisotopic (exact) mass is 313 g/mol. The Hall–Kier alpha value is -1.11. The van der Waals surface area contributed by atoms with Crippen molar-refractivity contribution in [3.8, 4) is 5.75 Å². The van der Waals surface area contributed by atoms with Gasteiger partial charge in [0.25, 0.3) is 0 Å². The lowest BCUT2D eigenvalue weighted by Gasteiger charge is -2.10. The van der Waals surface area contributed by atoms with E-state index in [1.54, 1.807) is 18.2 Å². The zero-order valence-corrected chi connectivity index (χ0v) is 13.2. The zero-order valence-electron chi connectivity index (χ0n) is 12.4. The van der Waals surface area contributed by atoms with E-state index < -0.39 is 10.0 Å². The lowest BCUT2D eigenvalue weighted by Crippen LogP contribution is -2.25. The third-order valence-electron chi connectivity index (χ3n) is 3.62. The second-order valence-corrected chi connectivity index (χ2v) is 6.97. The Labute approximate surface area is 126 Å². The van der Waals surface area contributed by atoms with Gasteiger partial charge in [-0.1, -0.05) is 6.07 Å². The van der Waals surface area contributed by atoms with Crippen molar-refractivity contribution in [2.24, 2.45) is 0 Å². The van der Waals surface area contributed by atoms with Crippen molar-refractivity contribution in [3.05, 3.63) is 24.3 Å². The fourth-order valence-corrected chi connectivity index (χ4v) is 3.54. The molecule has 1 aromatic rings. The minimum absolute atomic E-state index is 0.237. The number of sulfonamides is 1. The summed E-state index contributed by atoms with van der Waals surface area (Å²) in [6, 6.07) is 6.48. The molecule has 1 atom stereocenters. The predicted molar refractivity (Wildman–Crippen MR) is 81.0 cm³/mol. The van der Waals surface area contributed by atoms with Crippen molar-refractivity contribution in [1.29, 1.82) is 0 Å². The SMILES string of the molecule is COc1cccc(S(=O)(=O)NCCCCC2CCCO2)c1. The molecule has 1 aromatic carbocycles. The molecule has 0 bridgehead atoms. The molecule has 1 heterocycles. The van der Waals surface area contributed by atoms with E-state index in [4.69, 9.17) is 9.47 Å². The first-order chi connectivity index (χ1) is 10.1. The van der Waals surface area contributed by atoms with E-state index in [0.717, 1.165) is 38.7 Å². The van der Waals surface area contributed by atoms with Gasteiger partial charge in [0.05, 0.1) is 18.1 Å². The highest BCUT2D eigenvalue weighted by Crippen LogP contribution is 2.18. The number of unbranched alkanes of at least 4 members (excludes halogenated alkanes) is 1. The van der Waals surface area contributed by atoms with Crippen LogP contribution in [-0.2, 0) is 14.8 Å². The summed E-state index contributed by atoms with van der Waals surface area (Å²) in [7, 11) is -1.94. The van der Waals surface area contributed by atoms with E-state index in [9.17, 15) is 8.42 Å². The Morgan fingerprint density at radius 3 is 2.95 bits per heavy atom. The van der Waals surface area contributed by atoms with Crippen molar-refractivity contribution in [2.75, 3.05) is 20.3 Å². The molecule has 1 fully saturated rings. The Kier molecular flexibility index (Phi) is 6.02. The first kappa shape index (κ1) is 16.3. The molecule has 0 saturated carbocycles. The molecule has 0 aromatic heterocycles. The summed E-state index contributed by atoms with van der Waals surface area (Å²) in [6.45, 7) is 1.32. The zero-order chi connectivity index (χ0) is 15.1. The highest BCUT2D eigenvalue weighted by molar-refractivity contribution is 7.89. The van der Waals surface area contributed by atoms with Crippen molar-refractivity contribution in [2.45, 2.75) is 43.1 Å². The summed E-state index contributed by atoms with van der Waals surface area (Å²) < 4.78 is 37.5. The maximum atomic E-state index is 12.1. The maximum Gasteiger partial charge on any atom is 0.240 e. The van der Waals surface area contributed by atoms with Gasteiger partial charge in [-0.25, -0.2) is 13.1 Å². The molecule has 1 aliphatic rings. The van der Waals surface area contributed by atoms with Gasteiger partial charge in [-0.2, -0.15) is 0 Å². The second kappa shape index (κ2) is 7.77. The molecule has 0 amide bonds. The second-order valence-electron chi connectivity index (χ2n) is 5.21. The van der Waals surface area contributed by atoms with Gasteiger partial charge in [0.1, 0.15) is 5.75 Å². The maximum absolute atomic E-state index is 12.1. The quantitative estimate of drug-likeness (QED) is 0.748. The van der Waals surface area contributed by atoms with Crippen LogP contribution in [0.4, 0.5) is 0 Å². The molecule has 21 heavy (non-hydrogen) atoms. The van der Waals surface area contributed by atoms with Crippen LogP contribution in [0.2, 0.25) is 0 Å². The van der Waals surface area contributed by atoms with Gasteiger partial charge in [0.2, 0.25) is 10.0 Å². The first-order valence-corrected chi connectivity index (χ1v) is 8.85. The fourth-order valence-electron chi connectivity index (χ4n) is 2.43. The van der Waals surface area contributed by atoms with Crippen LogP contribution in [0.1, 0.15) is 32.1 Å².